The number of amides is 2. The fourth-order valence-corrected chi connectivity index (χ4v) is 4.15. The van der Waals surface area contributed by atoms with Gasteiger partial charge in [-0.3, -0.25) is 14.5 Å². The van der Waals surface area contributed by atoms with E-state index in [4.69, 9.17) is 0 Å². The second kappa shape index (κ2) is 8.22. The van der Waals surface area contributed by atoms with Crippen LogP contribution in [0.1, 0.15) is 29.4 Å². The summed E-state index contributed by atoms with van der Waals surface area (Å²) >= 11 is 2.94. The Labute approximate surface area is 154 Å². The van der Waals surface area contributed by atoms with Gasteiger partial charge in [0.05, 0.1) is 15.1 Å². The van der Waals surface area contributed by atoms with Gasteiger partial charge in [-0.05, 0) is 36.9 Å². The monoisotopic (exact) mass is 373 g/mol. The third kappa shape index (κ3) is 4.24. The van der Waals surface area contributed by atoms with Crippen LogP contribution in [0, 0.1) is 0 Å². The lowest BCUT2D eigenvalue weighted by atomic mass is 10.2. The van der Waals surface area contributed by atoms with Crippen molar-refractivity contribution in [3.8, 4) is 0 Å². The fraction of sp³-hybridized carbons (Fsp3) is 0.278. The molecule has 1 aromatic carbocycles. The number of aromatic nitrogens is 1. The van der Waals surface area contributed by atoms with Gasteiger partial charge in [0.2, 0.25) is 5.91 Å². The van der Waals surface area contributed by atoms with Crippen molar-refractivity contribution in [2.24, 2.45) is 0 Å². The number of thiazole rings is 1. The number of rotatable bonds is 7. The van der Waals surface area contributed by atoms with Crippen LogP contribution in [0.2, 0.25) is 0 Å². The molecule has 0 radical (unpaired) electrons. The molecule has 0 atom stereocenters. The highest BCUT2D eigenvalue weighted by Gasteiger charge is 2.17. The van der Waals surface area contributed by atoms with E-state index in [1.807, 2.05) is 42.6 Å². The van der Waals surface area contributed by atoms with Crippen molar-refractivity contribution in [3.63, 3.8) is 0 Å². The van der Waals surface area contributed by atoms with Crippen LogP contribution in [-0.2, 0) is 4.79 Å². The van der Waals surface area contributed by atoms with Crippen molar-refractivity contribution < 1.29 is 9.59 Å². The smallest absolute Gasteiger partial charge is 0.261 e. The highest BCUT2D eigenvalue weighted by Crippen LogP contribution is 2.28. The fourth-order valence-electron chi connectivity index (χ4n) is 2.47. The van der Waals surface area contributed by atoms with Gasteiger partial charge in [0.25, 0.3) is 5.91 Å². The molecule has 130 valence electrons. The van der Waals surface area contributed by atoms with E-state index >= 15 is 0 Å². The van der Waals surface area contributed by atoms with E-state index in [2.05, 4.69) is 10.3 Å². The maximum atomic E-state index is 12.5. The number of benzene rings is 1. The highest BCUT2D eigenvalue weighted by molar-refractivity contribution is 7.22. The predicted octanol–water partition coefficient (Wildman–Crippen LogP) is 3.92. The Morgan fingerprint density at radius 2 is 2.04 bits per heavy atom. The third-order valence-electron chi connectivity index (χ3n) is 3.73. The molecular formula is C18H19N3O2S2. The van der Waals surface area contributed by atoms with Gasteiger partial charge < -0.3 is 5.32 Å². The predicted molar refractivity (Wildman–Crippen MR) is 104 cm³/mol. The number of carbonyl (C=O) groups is 2. The summed E-state index contributed by atoms with van der Waals surface area (Å²) in [5.74, 6) is -0.0482. The summed E-state index contributed by atoms with van der Waals surface area (Å²) in [4.78, 5) is 31.3. The summed E-state index contributed by atoms with van der Waals surface area (Å²) in [6.45, 7) is 3.02. The van der Waals surface area contributed by atoms with Crippen LogP contribution in [0.15, 0.2) is 41.8 Å². The van der Waals surface area contributed by atoms with Crippen LogP contribution in [0.3, 0.4) is 0 Å². The zero-order valence-electron chi connectivity index (χ0n) is 13.9. The number of carbonyl (C=O) groups excluding carboxylic acids is 2. The second-order valence-electron chi connectivity index (χ2n) is 5.44. The van der Waals surface area contributed by atoms with Crippen molar-refractivity contribution in [1.29, 1.82) is 0 Å². The zero-order valence-corrected chi connectivity index (χ0v) is 15.5. The van der Waals surface area contributed by atoms with Gasteiger partial charge in [-0.2, -0.15) is 0 Å². The molecule has 0 aliphatic rings. The first kappa shape index (κ1) is 17.6. The molecule has 2 heterocycles. The lowest BCUT2D eigenvalue weighted by Crippen LogP contribution is -2.31. The number of thiophene rings is 1. The molecule has 0 unspecified atom stereocenters. The number of fused-ring (bicyclic) bond motifs is 1. The first-order chi connectivity index (χ1) is 12.2. The van der Waals surface area contributed by atoms with Crippen molar-refractivity contribution in [2.75, 3.05) is 18.0 Å². The molecule has 25 heavy (non-hydrogen) atoms. The summed E-state index contributed by atoms with van der Waals surface area (Å²) in [7, 11) is 0. The molecule has 0 bridgehead atoms. The molecule has 3 aromatic rings. The molecule has 0 spiro atoms. The van der Waals surface area contributed by atoms with Crippen molar-refractivity contribution in [3.05, 3.63) is 46.7 Å². The molecule has 0 fully saturated rings. The number of hydrogen-bond donors (Lipinski definition) is 1. The Morgan fingerprint density at radius 1 is 1.20 bits per heavy atom. The standard InChI is InChI=1S/C18H19N3O2S2/c1-2-21(18-20-13-7-3-4-8-14(13)25-18)16(22)10-5-11-19-17(23)15-9-6-12-24-15/h3-4,6-9,12H,2,5,10-11H2,1H3,(H,19,23). The number of nitrogens with zero attached hydrogens (tertiary/aromatic N) is 2. The minimum Gasteiger partial charge on any atom is -0.351 e. The Balaban J connectivity index is 1.53. The molecule has 0 aliphatic heterocycles. The molecule has 2 aromatic heterocycles. The summed E-state index contributed by atoms with van der Waals surface area (Å²) in [6, 6.07) is 11.5. The Morgan fingerprint density at radius 3 is 2.76 bits per heavy atom. The van der Waals surface area contributed by atoms with E-state index < -0.39 is 0 Å². The van der Waals surface area contributed by atoms with Gasteiger partial charge >= 0.3 is 0 Å². The van der Waals surface area contributed by atoms with Gasteiger partial charge in [-0.15, -0.1) is 11.3 Å². The quantitative estimate of drug-likeness (QED) is 0.639. The zero-order chi connectivity index (χ0) is 17.6. The van der Waals surface area contributed by atoms with E-state index in [-0.39, 0.29) is 11.8 Å². The maximum Gasteiger partial charge on any atom is 0.261 e. The van der Waals surface area contributed by atoms with Crippen LogP contribution < -0.4 is 10.2 Å². The van der Waals surface area contributed by atoms with Crippen molar-refractivity contribution in [1.82, 2.24) is 10.3 Å². The molecule has 1 N–H and O–H groups in total. The van der Waals surface area contributed by atoms with Crippen LogP contribution in [-0.4, -0.2) is 29.9 Å². The lowest BCUT2D eigenvalue weighted by molar-refractivity contribution is -0.118. The summed E-state index contributed by atoms with van der Waals surface area (Å²) in [5.41, 5.74) is 0.914. The van der Waals surface area contributed by atoms with Crippen LogP contribution in [0.25, 0.3) is 10.2 Å². The summed E-state index contributed by atoms with van der Waals surface area (Å²) in [5, 5.41) is 5.45. The minimum atomic E-state index is -0.0824. The molecule has 3 rings (SSSR count). The first-order valence-electron chi connectivity index (χ1n) is 8.16. The average molecular weight is 374 g/mol. The topological polar surface area (TPSA) is 62.3 Å². The van der Waals surface area contributed by atoms with Gasteiger partial charge in [-0.1, -0.05) is 29.5 Å². The van der Waals surface area contributed by atoms with E-state index in [0.717, 1.165) is 15.3 Å². The second-order valence-corrected chi connectivity index (χ2v) is 7.40. The Hall–Kier alpha value is -2.25. The molecule has 0 saturated carbocycles. The SMILES string of the molecule is CCN(C(=O)CCCNC(=O)c1cccs1)c1nc2ccccc2s1. The average Bonchev–Trinajstić information content (AvgIpc) is 3.28. The molecule has 5 nitrogen and oxygen atoms in total. The van der Waals surface area contributed by atoms with Gasteiger partial charge in [-0.25, -0.2) is 4.98 Å². The van der Waals surface area contributed by atoms with Crippen molar-refractivity contribution in [2.45, 2.75) is 19.8 Å². The number of hydrogen-bond acceptors (Lipinski definition) is 5. The van der Waals surface area contributed by atoms with E-state index in [9.17, 15) is 9.59 Å². The van der Waals surface area contributed by atoms with E-state index in [1.165, 1.54) is 22.7 Å². The molecule has 7 heteroatoms. The van der Waals surface area contributed by atoms with Gasteiger partial charge in [0, 0.05) is 19.5 Å². The Kier molecular flexibility index (Phi) is 5.78. The Bertz CT molecular complexity index is 825. The molecule has 2 amide bonds. The van der Waals surface area contributed by atoms with Crippen LogP contribution in [0.5, 0.6) is 0 Å². The minimum absolute atomic E-state index is 0.0342. The van der Waals surface area contributed by atoms with Crippen molar-refractivity contribution >= 4 is 49.8 Å². The summed E-state index contributed by atoms with van der Waals surface area (Å²) < 4.78 is 1.08. The normalized spacial score (nSPS) is 10.8. The van der Waals surface area contributed by atoms with Gasteiger partial charge in [0.1, 0.15) is 0 Å². The van der Waals surface area contributed by atoms with Crippen LogP contribution in [0.4, 0.5) is 5.13 Å². The number of nitrogens with one attached hydrogen (secondary N) is 1. The van der Waals surface area contributed by atoms with Crippen LogP contribution >= 0.6 is 22.7 Å². The molecule has 0 saturated heterocycles. The molecule has 0 aliphatic carbocycles. The third-order valence-corrected chi connectivity index (χ3v) is 5.66. The lowest BCUT2D eigenvalue weighted by Gasteiger charge is -2.17. The van der Waals surface area contributed by atoms with Gasteiger partial charge in [0.15, 0.2) is 5.13 Å². The van der Waals surface area contributed by atoms with E-state index in [1.54, 1.807) is 11.0 Å². The number of para-hydroxylation sites is 1. The largest absolute Gasteiger partial charge is 0.351 e. The van der Waals surface area contributed by atoms with E-state index in [0.29, 0.717) is 30.8 Å². The number of anilines is 1. The first-order valence-corrected chi connectivity index (χ1v) is 9.86. The summed E-state index contributed by atoms with van der Waals surface area (Å²) in [6.07, 6.45) is 0.992. The highest BCUT2D eigenvalue weighted by atomic mass is 32.1. The maximum absolute atomic E-state index is 12.5. The molecular weight excluding hydrogens is 354 g/mol.